The Morgan fingerprint density at radius 3 is 2.75 bits per heavy atom. The van der Waals surface area contributed by atoms with E-state index in [1.54, 1.807) is 15.8 Å². The summed E-state index contributed by atoms with van der Waals surface area (Å²) in [5, 5.41) is 14.1. The number of carbonyl (C=O) groups is 2. The summed E-state index contributed by atoms with van der Waals surface area (Å²) in [5.41, 5.74) is 12.9. The van der Waals surface area contributed by atoms with Crippen LogP contribution < -0.4 is 16.8 Å². The highest BCUT2D eigenvalue weighted by atomic mass is 16.2. The number of pyridine rings is 1. The van der Waals surface area contributed by atoms with E-state index >= 15 is 0 Å². The number of nitrogens with one attached hydrogen (secondary N) is 2. The molecule has 2 aromatic heterocycles. The van der Waals surface area contributed by atoms with Crippen molar-refractivity contribution >= 4 is 35.2 Å². The number of piperidine rings is 1. The standard InChI is InChI=1S/C18H24N8O2/c1-10-3-4-14(13-5-6-23-25(13)2)26(9-10)18(28)17(27)24-12-8-22-16(21)11(7-19)15(12)20/h5-8,10,14,19H,3-4,9H2,1-2H3,(H,24,27)(H4,20,21,22)/t10-,14-/m1/s1. The Hall–Kier alpha value is -3.43. The second kappa shape index (κ2) is 7.67. The van der Waals surface area contributed by atoms with Crippen LogP contribution in [0, 0.1) is 11.3 Å². The largest absolute Gasteiger partial charge is 0.396 e. The van der Waals surface area contributed by atoms with Crippen molar-refractivity contribution in [1.29, 1.82) is 5.41 Å². The molecular formula is C18H24N8O2. The van der Waals surface area contributed by atoms with E-state index in [4.69, 9.17) is 16.9 Å². The highest BCUT2D eigenvalue weighted by Gasteiger charge is 2.35. The number of nitrogens with zero attached hydrogens (tertiary/aromatic N) is 4. The Bertz CT molecular complexity index is 922. The van der Waals surface area contributed by atoms with Gasteiger partial charge in [-0.2, -0.15) is 5.10 Å². The van der Waals surface area contributed by atoms with Gasteiger partial charge in [0.2, 0.25) is 0 Å². The lowest BCUT2D eigenvalue weighted by Crippen LogP contribution is -2.47. The SMILES string of the molecule is C[C@@H]1CC[C@H](c2ccnn2C)N(C(=O)C(=O)Nc2cnc(N)c(C=N)c2N)C1. The molecule has 10 heteroatoms. The van der Waals surface area contributed by atoms with Gasteiger partial charge in [0.25, 0.3) is 0 Å². The van der Waals surface area contributed by atoms with E-state index in [1.807, 2.05) is 13.1 Å². The smallest absolute Gasteiger partial charge is 0.314 e. The summed E-state index contributed by atoms with van der Waals surface area (Å²) in [4.78, 5) is 31.1. The van der Waals surface area contributed by atoms with Gasteiger partial charge in [-0.15, -0.1) is 0 Å². The number of hydrogen-bond donors (Lipinski definition) is 4. The number of rotatable bonds is 3. The van der Waals surface area contributed by atoms with Gasteiger partial charge in [0.05, 0.1) is 34.9 Å². The first-order valence-corrected chi connectivity index (χ1v) is 8.97. The van der Waals surface area contributed by atoms with Crippen LogP contribution >= 0.6 is 0 Å². The normalized spacial score (nSPS) is 19.3. The van der Waals surface area contributed by atoms with Crippen LogP contribution in [0.25, 0.3) is 0 Å². The Labute approximate surface area is 162 Å². The zero-order valence-electron chi connectivity index (χ0n) is 15.8. The lowest BCUT2D eigenvalue weighted by molar-refractivity contribution is -0.146. The molecule has 1 aliphatic rings. The van der Waals surface area contributed by atoms with Crippen molar-refractivity contribution in [3.8, 4) is 0 Å². The van der Waals surface area contributed by atoms with E-state index in [-0.39, 0.29) is 34.7 Å². The van der Waals surface area contributed by atoms with E-state index in [2.05, 4.69) is 22.3 Å². The van der Waals surface area contributed by atoms with Crippen molar-refractivity contribution < 1.29 is 9.59 Å². The molecule has 1 aliphatic heterocycles. The van der Waals surface area contributed by atoms with Crippen molar-refractivity contribution in [2.24, 2.45) is 13.0 Å². The van der Waals surface area contributed by atoms with Crippen LogP contribution in [-0.4, -0.2) is 44.2 Å². The van der Waals surface area contributed by atoms with Crippen molar-refractivity contribution in [3.05, 3.63) is 29.7 Å². The lowest BCUT2D eigenvalue weighted by atomic mass is 9.92. The van der Waals surface area contributed by atoms with Gasteiger partial charge >= 0.3 is 11.8 Å². The van der Waals surface area contributed by atoms with E-state index in [0.29, 0.717) is 6.54 Å². The number of anilines is 3. The van der Waals surface area contributed by atoms with E-state index in [1.165, 1.54) is 6.20 Å². The molecule has 3 rings (SSSR count). The molecule has 1 saturated heterocycles. The molecule has 0 radical (unpaired) electrons. The molecule has 0 aliphatic carbocycles. The third kappa shape index (κ3) is 3.53. The third-order valence-corrected chi connectivity index (χ3v) is 5.05. The van der Waals surface area contributed by atoms with Crippen molar-refractivity contribution in [2.45, 2.75) is 25.8 Å². The molecule has 0 aromatic carbocycles. The fraction of sp³-hybridized carbons (Fsp3) is 0.389. The molecule has 3 heterocycles. The molecule has 2 amide bonds. The minimum Gasteiger partial charge on any atom is -0.396 e. The van der Waals surface area contributed by atoms with Gasteiger partial charge in [-0.3, -0.25) is 14.3 Å². The maximum atomic E-state index is 13.0. The maximum absolute atomic E-state index is 13.0. The monoisotopic (exact) mass is 384 g/mol. The molecule has 0 unspecified atom stereocenters. The molecule has 10 nitrogen and oxygen atoms in total. The Morgan fingerprint density at radius 1 is 1.36 bits per heavy atom. The van der Waals surface area contributed by atoms with Crippen LogP contribution in [0.3, 0.4) is 0 Å². The van der Waals surface area contributed by atoms with Crippen LogP contribution in [-0.2, 0) is 16.6 Å². The van der Waals surface area contributed by atoms with Crippen LogP contribution in [0.2, 0.25) is 0 Å². The fourth-order valence-corrected chi connectivity index (χ4v) is 3.51. The first-order valence-electron chi connectivity index (χ1n) is 8.97. The van der Waals surface area contributed by atoms with E-state index < -0.39 is 11.8 Å². The molecule has 0 spiro atoms. The van der Waals surface area contributed by atoms with Gasteiger partial charge in [-0.25, -0.2) is 4.98 Å². The molecule has 1 fully saturated rings. The molecule has 2 atom stereocenters. The molecule has 6 N–H and O–H groups in total. The topological polar surface area (TPSA) is 156 Å². The number of carbonyl (C=O) groups excluding carboxylic acids is 2. The highest BCUT2D eigenvalue weighted by Crippen LogP contribution is 2.33. The second-order valence-corrected chi connectivity index (χ2v) is 7.02. The predicted molar refractivity (Wildman–Crippen MR) is 106 cm³/mol. The molecule has 148 valence electrons. The highest BCUT2D eigenvalue weighted by molar-refractivity contribution is 6.40. The first kappa shape index (κ1) is 19.3. The van der Waals surface area contributed by atoms with Crippen molar-refractivity contribution in [1.82, 2.24) is 19.7 Å². The molecule has 0 bridgehead atoms. The minimum atomic E-state index is -0.810. The summed E-state index contributed by atoms with van der Waals surface area (Å²) in [6.45, 7) is 2.53. The summed E-state index contributed by atoms with van der Waals surface area (Å²) < 4.78 is 1.72. The summed E-state index contributed by atoms with van der Waals surface area (Å²) in [5.74, 6) is -1.09. The Kier molecular flexibility index (Phi) is 5.30. The number of nitrogen functional groups attached to an aromatic ring is 2. The van der Waals surface area contributed by atoms with Gasteiger partial charge in [-0.1, -0.05) is 6.92 Å². The van der Waals surface area contributed by atoms with Crippen molar-refractivity contribution in [3.63, 3.8) is 0 Å². The zero-order valence-corrected chi connectivity index (χ0v) is 15.8. The van der Waals surface area contributed by atoms with Gasteiger partial charge in [-0.05, 0) is 24.8 Å². The fourth-order valence-electron chi connectivity index (χ4n) is 3.51. The number of nitrogens with two attached hydrogens (primary N) is 2. The Balaban J connectivity index is 1.84. The molecule has 0 saturated carbocycles. The molecule has 2 aromatic rings. The van der Waals surface area contributed by atoms with Crippen LogP contribution in [0.5, 0.6) is 0 Å². The zero-order chi connectivity index (χ0) is 20.4. The van der Waals surface area contributed by atoms with Crippen molar-refractivity contribution in [2.75, 3.05) is 23.3 Å². The second-order valence-electron chi connectivity index (χ2n) is 7.02. The number of aryl methyl sites for hydroxylation is 1. The lowest BCUT2D eigenvalue weighted by Gasteiger charge is -2.38. The predicted octanol–water partition coefficient (Wildman–Crippen LogP) is 0.915. The quantitative estimate of drug-likeness (QED) is 0.455. The first-order chi connectivity index (χ1) is 13.3. The van der Waals surface area contributed by atoms with E-state index in [9.17, 15) is 9.59 Å². The maximum Gasteiger partial charge on any atom is 0.314 e. The van der Waals surface area contributed by atoms with Crippen LogP contribution in [0.15, 0.2) is 18.5 Å². The minimum absolute atomic E-state index is 0.0814. The van der Waals surface area contributed by atoms with E-state index in [0.717, 1.165) is 24.8 Å². The average Bonchev–Trinajstić information content (AvgIpc) is 3.09. The summed E-state index contributed by atoms with van der Waals surface area (Å²) >= 11 is 0. The Morgan fingerprint density at radius 2 is 2.11 bits per heavy atom. The molecular weight excluding hydrogens is 360 g/mol. The molecule has 28 heavy (non-hydrogen) atoms. The summed E-state index contributed by atoms with van der Waals surface area (Å²) in [6, 6.07) is 1.64. The number of likely N-dealkylation sites (tertiary alicyclic amines) is 1. The van der Waals surface area contributed by atoms with Crippen LogP contribution in [0.4, 0.5) is 17.2 Å². The summed E-state index contributed by atoms with van der Waals surface area (Å²) in [7, 11) is 1.82. The van der Waals surface area contributed by atoms with Crippen LogP contribution in [0.1, 0.15) is 37.1 Å². The number of amides is 2. The van der Waals surface area contributed by atoms with Gasteiger partial charge in [0.1, 0.15) is 5.82 Å². The number of hydrogen-bond acceptors (Lipinski definition) is 7. The van der Waals surface area contributed by atoms with Gasteiger partial charge in [0, 0.05) is 26.0 Å². The summed E-state index contributed by atoms with van der Waals surface area (Å²) in [6.07, 6.45) is 5.62. The van der Waals surface area contributed by atoms with Gasteiger partial charge < -0.3 is 27.1 Å². The third-order valence-electron chi connectivity index (χ3n) is 5.05. The number of aromatic nitrogens is 3. The average molecular weight is 384 g/mol. The van der Waals surface area contributed by atoms with Gasteiger partial charge in [0.15, 0.2) is 0 Å².